The van der Waals surface area contributed by atoms with E-state index >= 15 is 0 Å². The van der Waals surface area contributed by atoms with Crippen molar-refractivity contribution in [2.24, 2.45) is 0 Å². The number of hydrogen-bond acceptors (Lipinski definition) is 3. The molecule has 1 aliphatic heterocycles. The molecule has 0 aromatic heterocycles. The number of aliphatic hydroxyl groups excluding tert-OH is 1. The summed E-state index contributed by atoms with van der Waals surface area (Å²) in [4.78, 5) is 11.0. The maximum atomic E-state index is 11.0. The Kier molecular flexibility index (Phi) is 2.11. The molecule has 0 saturated heterocycles. The van der Waals surface area contributed by atoms with Crippen molar-refractivity contribution in [3.63, 3.8) is 0 Å². The first-order valence-corrected chi connectivity index (χ1v) is 4.63. The lowest BCUT2D eigenvalue weighted by Crippen LogP contribution is -2.26. The van der Waals surface area contributed by atoms with Gasteiger partial charge in [-0.15, -0.1) is 0 Å². The fourth-order valence-electron chi connectivity index (χ4n) is 1.71. The number of anilines is 1. The van der Waals surface area contributed by atoms with Crippen molar-refractivity contribution >= 4 is 17.2 Å². The molecule has 1 unspecified atom stereocenters. The van der Waals surface area contributed by atoms with Gasteiger partial charge in [-0.05, 0) is 13.0 Å². The minimum atomic E-state index is -1.10. The number of aliphatic hydroxyl groups is 1. The van der Waals surface area contributed by atoms with Crippen LogP contribution in [0.1, 0.15) is 12.5 Å². The SMILES string of the molecule is CC1Nc2ccccc2C(C(=O)O)=C1O. The van der Waals surface area contributed by atoms with Crippen LogP contribution in [-0.2, 0) is 4.79 Å². The number of hydrogen-bond donors (Lipinski definition) is 3. The zero-order valence-electron chi connectivity index (χ0n) is 8.19. The van der Waals surface area contributed by atoms with E-state index in [0.29, 0.717) is 5.56 Å². The van der Waals surface area contributed by atoms with Gasteiger partial charge in [0.15, 0.2) is 0 Å². The van der Waals surface area contributed by atoms with Crippen molar-refractivity contribution in [2.75, 3.05) is 5.32 Å². The molecular weight excluding hydrogens is 194 g/mol. The third kappa shape index (κ3) is 1.44. The van der Waals surface area contributed by atoms with E-state index in [1.807, 2.05) is 6.07 Å². The largest absolute Gasteiger partial charge is 0.509 e. The zero-order chi connectivity index (χ0) is 11.0. The summed E-state index contributed by atoms with van der Waals surface area (Å²) in [5.74, 6) is -1.23. The van der Waals surface area contributed by atoms with Gasteiger partial charge < -0.3 is 15.5 Å². The average Bonchev–Trinajstić information content (AvgIpc) is 2.19. The summed E-state index contributed by atoms with van der Waals surface area (Å²) in [5.41, 5.74) is 1.25. The van der Waals surface area contributed by atoms with E-state index in [2.05, 4.69) is 5.32 Å². The molecule has 1 aromatic rings. The first kappa shape index (κ1) is 9.58. The van der Waals surface area contributed by atoms with Crippen LogP contribution in [0.25, 0.3) is 5.57 Å². The molecule has 78 valence electrons. The summed E-state index contributed by atoms with van der Waals surface area (Å²) in [6.45, 7) is 1.72. The summed E-state index contributed by atoms with van der Waals surface area (Å²) in [5, 5.41) is 21.7. The average molecular weight is 205 g/mol. The second-order valence-electron chi connectivity index (χ2n) is 3.48. The maximum Gasteiger partial charge on any atom is 0.339 e. The number of aliphatic carboxylic acids is 1. The van der Waals surface area contributed by atoms with Gasteiger partial charge >= 0.3 is 5.97 Å². The van der Waals surface area contributed by atoms with Crippen LogP contribution in [0.4, 0.5) is 5.69 Å². The van der Waals surface area contributed by atoms with Crippen LogP contribution in [0.2, 0.25) is 0 Å². The highest BCUT2D eigenvalue weighted by Crippen LogP contribution is 2.32. The fourth-order valence-corrected chi connectivity index (χ4v) is 1.71. The van der Waals surface area contributed by atoms with Crippen molar-refractivity contribution in [2.45, 2.75) is 13.0 Å². The number of carbonyl (C=O) groups is 1. The van der Waals surface area contributed by atoms with Gasteiger partial charge in [-0.1, -0.05) is 18.2 Å². The highest BCUT2D eigenvalue weighted by Gasteiger charge is 2.27. The van der Waals surface area contributed by atoms with Crippen LogP contribution in [0.5, 0.6) is 0 Å². The molecule has 15 heavy (non-hydrogen) atoms. The lowest BCUT2D eigenvalue weighted by molar-refractivity contribution is -0.130. The topological polar surface area (TPSA) is 69.6 Å². The standard InChI is InChI=1S/C11H11NO3/c1-6-10(13)9(11(14)15)7-4-2-3-5-8(7)12-6/h2-6,12-13H,1H3,(H,14,15). The normalized spacial score (nSPS) is 19.4. The summed E-state index contributed by atoms with van der Waals surface area (Å²) in [6, 6.07) is 6.66. The molecule has 4 nitrogen and oxygen atoms in total. The predicted molar refractivity (Wildman–Crippen MR) is 56.7 cm³/mol. The molecule has 2 rings (SSSR count). The number of fused-ring (bicyclic) bond motifs is 1. The molecule has 0 aliphatic carbocycles. The fraction of sp³-hybridized carbons (Fsp3) is 0.182. The van der Waals surface area contributed by atoms with E-state index in [4.69, 9.17) is 5.11 Å². The number of benzene rings is 1. The Morgan fingerprint density at radius 1 is 1.40 bits per heavy atom. The van der Waals surface area contributed by atoms with E-state index in [-0.39, 0.29) is 17.4 Å². The van der Waals surface area contributed by atoms with Crippen LogP contribution in [-0.4, -0.2) is 22.2 Å². The van der Waals surface area contributed by atoms with Crippen LogP contribution in [0, 0.1) is 0 Å². The smallest absolute Gasteiger partial charge is 0.339 e. The summed E-state index contributed by atoms with van der Waals surface area (Å²) >= 11 is 0. The van der Waals surface area contributed by atoms with E-state index in [9.17, 15) is 9.90 Å². The first-order chi connectivity index (χ1) is 7.11. The van der Waals surface area contributed by atoms with Crippen molar-refractivity contribution < 1.29 is 15.0 Å². The molecule has 0 saturated carbocycles. The minimum Gasteiger partial charge on any atom is -0.509 e. The monoisotopic (exact) mass is 205 g/mol. The number of carboxylic acid groups (broad SMARTS) is 1. The number of rotatable bonds is 1. The molecule has 1 atom stereocenters. The van der Waals surface area contributed by atoms with Gasteiger partial charge in [-0.2, -0.15) is 0 Å². The Morgan fingerprint density at radius 2 is 2.07 bits per heavy atom. The van der Waals surface area contributed by atoms with Gasteiger partial charge in [-0.3, -0.25) is 0 Å². The van der Waals surface area contributed by atoms with Gasteiger partial charge in [0, 0.05) is 11.3 Å². The Morgan fingerprint density at radius 3 is 2.73 bits per heavy atom. The first-order valence-electron chi connectivity index (χ1n) is 4.63. The van der Waals surface area contributed by atoms with Crippen LogP contribution >= 0.6 is 0 Å². The molecule has 4 heteroatoms. The van der Waals surface area contributed by atoms with Crippen LogP contribution in [0.15, 0.2) is 30.0 Å². The van der Waals surface area contributed by atoms with Crippen molar-refractivity contribution in [3.8, 4) is 0 Å². The molecule has 0 radical (unpaired) electrons. The molecule has 0 fully saturated rings. The number of nitrogens with one attached hydrogen (secondary N) is 1. The van der Waals surface area contributed by atoms with E-state index in [1.165, 1.54) is 0 Å². The van der Waals surface area contributed by atoms with E-state index in [1.54, 1.807) is 25.1 Å². The van der Waals surface area contributed by atoms with Gasteiger partial charge in [0.25, 0.3) is 0 Å². The number of carboxylic acids is 1. The Labute approximate surface area is 86.9 Å². The zero-order valence-corrected chi connectivity index (χ0v) is 8.19. The highest BCUT2D eigenvalue weighted by atomic mass is 16.4. The Balaban J connectivity index is 2.65. The second kappa shape index (κ2) is 3.31. The third-order valence-electron chi connectivity index (χ3n) is 2.45. The molecule has 0 bridgehead atoms. The van der Waals surface area contributed by atoms with Crippen LogP contribution in [0.3, 0.4) is 0 Å². The molecule has 0 amide bonds. The minimum absolute atomic E-state index is 0.0168. The van der Waals surface area contributed by atoms with E-state index < -0.39 is 5.97 Å². The second-order valence-corrected chi connectivity index (χ2v) is 3.48. The summed E-state index contributed by atoms with van der Waals surface area (Å²) in [7, 11) is 0. The molecule has 3 N–H and O–H groups in total. The van der Waals surface area contributed by atoms with Crippen LogP contribution < -0.4 is 5.32 Å². The molecule has 1 heterocycles. The van der Waals surface area contributed by atoms with Gasteiger partial charge in [0.2, 0.25) is 0 Å². The van der Waals surface area contributed by atoms with Crippen molar-refractivity contribution in [1.29, 1.82) is 0 Å². The maximum absolute atomic E-state index is 11.0. The van der Waals surface area contributed by atoms with Crippen molar-refractivity contribution in [3.05, 3.63) is 35.6 Å². The number of para-hydroxylation sites is 1. The third-order valence-corrected chi connectivity index (χ3v) is 2.45. The highest BCUT2D eigenvalue weighted by molar-refractivity contribution is 6.18. The molecule has 1 aromatic carbocycles. The summed E-state index contributed by atoms with van der Waals surface area (Å²) in [6.07, 6.45) is 0. The van der Waals surface area contributed by atoms with Gasteiger partial charge in [-0.25, -0.2) is 4.79 Å². The van der Waals surface area contributed by atoms with Gasteiger partial charge in [0.05, 0.1) is 6.04 Å². The summed E-state index contributed by atoms with van der Waals surface area (Å²) < 4.78 is 0. The van der Waals surface area contributed by atoms with E-state index in [0.717, 1.165) is 5.69 Å². The Hall–Kier alpha value is -1.97. The van der Waals surface area contributed by atoms with Crippen molar-refractivity contribution in [1.82, 2.24) is 0 Å². The Bertz CT molecular complexity index is 451. The quantitative estimate of drug-likeness (QED) is 0.654. The molecule has 1 aliphatic rings. The lowest BCUT2D eigenvalue weighted by atomic mass is 9.96. The molecule has 0 spiro atoms. The van der Waals surface area contributed by atoms with Gasteiger partial charge in [0.1, 0.15) is 11.3 Å². The lowest BCUT2D eigenvalue weighted by Gasteiger charge is -2.24. The predicted octanol–water partition coefficient (Wildman–Crippen LogP) is 1.85. The molecular formula is C11H11NO3.